The van der Waals surface area contributed by atoms with E-state index in [2.05, 4.69) is 45.0 Å². The minimum atomic E-state index is 0.128. The Morgan fingerprint density at radius 2 is 1.76 bits per heavy atom. The Bertz CT molecular complexity index is 1140. The van der Waals surface area contributed by atoms with E-state index in [0.29, 0.717) is 19.8 Å². The van der Waals surface area contributed by atoms with Crippen molar-refractivity contribution in [1.82, 2.24) is 19.7 Å². The molecule has 0 saturated carbocycles. The Morgan fingerprint density at radius 1 is 0.971 bits per heavy atom. The fourth-order valence-corrected chi connectivity index (χ4v) is 6.26. The molecule has 0 unspecified atom stereocenters. The number of aromatic nitrogens is 1. The lowest BCUT2D eigenvalue weighted by Gasteiger charge is -2.35. The third kappa shape index (κ3) is 4.50. The number of carbonyl (C=O) groups is 1. The van der Waals surface area contributed by atoms with Crippen LogP contribution in [-0.2, 0) is 11.3 Å². The van der Waals surface area contributed by atoms with Gasteiger partial charge in [-0.05, 0) is 42.7 Å². The molecule has 0 N–H and O–H groups in total. The Hall–Kier alpha value is -2.68. The molecule has 6 rings (SSSR count). The Labute approximate surface area is 203 Å². The van der Waals surface area contributed by atoms with Crippen molar-refractivity contribution >= 4 is 27.5 Å². The predicted octanol–water partition coefficient (Wildman–Crippen LogP) is 3.55. The highest BCUT2D eigenvalue weighted by molar-refractivity contribution is 7.18. The molecule has 0 radical (unpaired) electrons. The van der Waals surface area contributed by atoms with Gasteiger partial charge in [-0.25, -0.2) is 4.98 Å². The molecule has 2 aromatic carbocycles. The highest BCUT2D eigenvalue weighted by atomic mass is 32.1. The number of likely N-dealkylation sites (tertiary alicyclic amines) is 1. The standard InChI is InChI=1S/C26H30N4O3S/c31-26(30-9-3-5-21(30)19-7-8-22-23(16-19)33-15-14-32-22)18-29-12-10-28(11-13-29)17-25-27-20-4-1-2-6-24(20)34-25/h1-2,4,6-8,16,21H,3,5,9-15,17-18H2/t21-/m1/s1. The first-order valence-electron chi connectivity index (χ1n) is 12.2. The van der Waals surface area contributed by atoms with Crippen LogP contribution in [0.5, 0.6) is 11.5 Å². The largest absolute Gasteiger partial charge is 0.486 e. The number of piperazine rings is 1. The van der Waals surface area contributed by atoms with Crippen LogP contribution in [0.4, 0.5) is 0 Å². The molecule has 7 nitrogen and oxygen atoms in total. The van der Waals surface area contributed by atoms with Crippen molar-refractivity contribution in [2.75, 3.05) is 52.5 Å². The summed E-state index contributed by atoms with van der Waals surface area (Å²) in [6.45, 7) is 7.15. The van der Waals surface area contributed by atoms with E-state index in [1.807, 2.05) is 12.1 Å². The third-order valence-corrected chi connectivity index (χ3v) is 8.07. The molecule has 0 spiro atoms. The smallest absolute Gasteiger partial charge is 0.237 e. The summed E-state index contributed by atoms with van der Waals surface area (Å²) in [5.74, 6) is 1.83. The van der Waals surface area contributed by atoms with E-state index < -0.39 is 0 Å². The second-order valence-corrected chi connectivity index (χ2v) is 10.4. The quantitative estimate of drug-likeness (QED) is 0.559. The zero-order chi connectivity index (χ0) is 22.9. The van der Waals surface area contributed by atoms with Gasteiger partial charge in [0.2, 0.25) is 5.91 Å². The van der Waals surface area contributed by atoms with Crippen molar-refractivity contribution in [2.24, 2.45) is 0 Å². The van der Waals surface area contributed by atoms with Crippen molar-refractivity contribution in [1.29, 1.82) is 0 Å². The Morgan fingerprint density at radius 3 is 2.62 bits per heavy atom. The molecule has 0 bridgehead atoms. The van der Waals surface area contributed by atoms with Gasteiger partial charge in [-0.1, -0.05) is 18.2 Å². The lowest BCUT2D eigenvalue weighted by molar-refractivity contribution is -0.133. The van der Waals surface area contributed by atoms with Crippen LogP contribution < -0.4 is 9.47 Å². The van der Waals surface area contributed by atoms with Crippen LogP contribution in [0.1, 0.15) is 29.5 Å². The fraction of sp³-hybridized carbons (Fsp3) is 0.462. The second-order valence-electron chi connectivity index (χ2n) is 9.28. The van der Waals surface area contributed by atoms with Crippen LogP contribution in [0, 0.1) is 0 Å². The van der Waals surface area contributed by atoms with Gasteiger partial charge < -0.3 is 14.4 Å². The molecule has 1 amide bonds. The summed E-state index contributed by atoms with van der Waals surface area (Å²) >= 11 is 1.78. The SMILES string of the molecule is O=C(CN1CCN(Cc2nc3ccccc3s2)CC1)N1CCC[C@@H]1c1ccc2c(c1)OCCO2. The van der Waals surface area contributed by atoms with Crippen LogP contribution >= 0.6 is 11.3 Å². The van der Waals surface area contributed by atoms with Gasteiger partial charge in [0.15, 0.2) is 11.5 Å². The minimum absolute atomic E-state index is 0.128. The summed E-state index contributed by atoms with van der Waals surface area (Å²) < 4.78 is 12.7. The molecule has 4 heterocycles. The molecule has 2 saturated heterocycles. The van der Waals surface area contributed by atoms with Gasteiger partial charge in [0.1, 0.15) is 18.2 Å². The van der Waals surface area contributed by atoms with Gasteiger partial charge in [-0.2, -0.15) is 0 Å². The predicted molar refractivity (Wildman–Crippen MR) is 132 cm³/mol. The van der Waals surface area contributed by atoms with Crippen molar-refractivity contribution in [3.05, 3.63) is 53.0 Å². The van der Waals surface area contributed by atoms with Gasteiger partial charge in [0.05, 0.1) is 29.3 Å². The van der Waals surface area contributed by atoms with Gasteiger partial charge in [0.25, 0.3) is 0 Å². The zero-order valence-corrected chi connectivity index (χ0v) is 20.1. The van der Waals surface area contributed by atoms with Crippen LogP contribution in [0.2, 0.25) is 0 Å². The first-order chi connectivity index (χ1) is 16.7. The van der Waals surface area contributed by atoms with Crippen molar-refractivity contribution < 1.29 is 14.3 Å². The molecular formula is C26H30N4O3S. The maximum atomic E-state index is 13.3. The Kier molecular flexibility index (Phi) is 6.11. The molecule has 1 atom stereocenters. The number of hydrogen-bond donors (Lipinski definition) is 0. The highest BCUT2D eigenvalue weighted by Crippen LogP contribution is 2.38. The number of benzene rings is 2. The van der Waals surface area contributed by atoms with Crippen LogP contribution in [-0.4, -0.2) is 78.1 Å². The molecule has 8 heteroatoms. The lowest BCUT2D eigenvalue weighted by Crippen LogP contribution is -2.49. The Balaban J connectivity index is 1.04. The number of hydrogen-bond acceptors (Lipinski definition) is 7. The number of fused-ring (bicyclic) bond motifs is 2. The maximum Gasteiger partial charge on any atom is 0.237 e. The number of nitrogens with zero attached hydrogens (tertiary/aromatic N) is 4. The number of ether oxygens (including phenoxy) is 2. The normalized spacial score (nSPS) is 21.3. The summed E-state index contributed by atoms with van der Waals surface area (Å²) in [4.78, 5) is 24.9. The van der Waals surface area contributed by atoms with Gasteiger partial charge in [0, 0.05) is 32.7 Å². The molecular weight excluding hydrogens is 448 g/mol. The molecule has 0 aliphatic carbocycles. The summed E-state index contributed by atoms with van der Waals surface area (Å²) in [6.07, 6.45) is 2.04. The van der Waals surface area contributed by atoms with Crippen LogP contribution in [0.3, 0.4) is 0 Å². The summed E-state index contributed by atoms with van der Waals surface area (Å²) in [7, 11) is 0. The van der Waals surface area contributed by atoms with Gasteiger partial charge in [-0.15, -0.1) is 11.3 Å². The molecule has 1 aromatic heterocycles. The zero-order valence-electron chi connectivity index (χ0n) is 19.3. The van der Waals surface area contributed by atoms with E-state index in [-0.39, 0.29) is 11.9 Å². The van der Waals surface area contributed by atoms with E-state index in [9.17, 15) is 4.79 Å². The van der Waals surface area contributed by atoms with Crippen LogP contribution in [0.15, 0.2) is 42.5 Å². The van der Waals surface area contributed by atoms with Crippen molar-refractivity contribution in [3.8, 4) is 11.5 Å². The molecule has 3 aliphatic rings. The average molecular weight is 479 g/mol. The van der Waals surface area contributed by atoms with E-state index in [0.717, 1.165) is 74.7 Å². The topological polar surface area (TPSA) is 58.1 Å². The first kappa shape index (κ1) is 21.8. The number of para-hydroxylation sites is 1. The minimum Gasteiger partial charge on any atom is -0.486 e. The van der Waals surface area contributed by atoms with Crippen molar-refractivity contribution in [3.63, 3.8) is 0 Å². The fourth-order valence-electron chi connectivity index (χ4n) is 5.25. The van der Waals surface area contributed by atoms with E-state index >= 15 is 0 Å². The highest BCUT2D eigenvalue weighted by Gasteiger charge is 2.32. The number of carbonyl (C=O) groups excluding carboxylic acids is 1. The molecule has 3 aromatic rings. The number of rotatable bonds is 5. The van der Waals surface area contributed by atoms with E-state index in [4.69, 9.17) is 14.5 Å². The third-order valence-electron chi connectivity index (χ3n) is 7.04. The van der Waals surface area contributed by atoms with Gasteiger partial charge in [-0.3, -0.25) is 14.6 Å². The average Bonchev–Trinajstić information content (AvgIpc) is 3.52. The van der Waals surface area contributed by atoms with Crippen molar-refractivity contribution in [2.45, 2.75) is 25.4 Å². The maximum absolute atomic E-state index is 13.3. The molecule has 34 heavy (non-hydrogen) atoms. The molecule has 3 aliphatic heterocycles. The molecule has 2 fully saturated rings. The monoisotopic (exact) mass is 478 g/mol. The van der Waals surface area contributed by atoms with Crippen LogP contribution in [0.25, 0.3) is 10.2 Å². The first-order valence-corrected chi connectivity index (χ1v) is 13.0. The van der Waals surface area contributed by atoms with Gasteiger partial charge >= 0.3 is 0 Å². The summed E-state index contributed by atoms with van der Waals surface area (Å²) in [6, 6.07) is 14.6. The number of thiazole rings is 1. The lowest BCUT2D eigenvalue weighted by atomic mass is 10.0. The summed E-state index contributed by atoms with van der Waals surface area (Å²) in [5, 5.41) is 1.17. The number of amides is 1. The van der Waals surface area contributed by atoms with E-state index in [1.54, 1.807) is 11.3 Å². The van der Waals surface area contributed by atoms with E-state index in [1.165, 1.54) is 9.71 Å². The second kappa shape index (κ2) is 9.52. The summed E-state index contributed by atoms with van der Waals surface area (Å²) in [5.41, 5.74) is 2.24. The molecule has 178 valence electrons.